The van der Waals surface area contributed by atoms with E-state index in [1.807, 2.05) is 26.0 Å². The number of carbonyl (C=O) groups is 2. The first kappa shape index (κ1) is 35.4. The SMILES string of the molecule is CCCN(CCC)c1ccc(C(C)C)c(N2C(=O)CSC2=NC(=O)Nc2ccc(-c3ncn(-c4ccc(OC(F)(F)F)cc4)n3)cc2F)c1. The molecular weight excluding hydrogens is 662 g/mol. The van der Waals surface area contributed by atoms with E-state index < -0.39 is 18.2 Å². The minimum Gasteiger partial charge on any atom is -0.406 e. The van der Waals surface area contributed by atoms with Crippen LogP contribution in [0.15, 0.2) is 72.0 Å². The summed E-state index contributed by atoms with van der Waals surface area (Å²) >= 11 is 1.14. The van der Waals surface area contributed by atoms with Gasteiger partial charge in [-0.15, -0.1) is 18.3 Å². The van der Waals surface area contributed by atoms with Gasteiger partial charge in [0.05, 0.1) is 22.8 Å². The standard InChI is InChI=1S/C34H35F4N7O3S/c1-5-15-43(16-6-2)24-10-13-26(21(3)4)29(18-24)45-30(46)19-49-33(45)41-32(47)40-28-14-7-22(17-27(28)35)31-39-20-44(42-31)23-8-11-25(12-9-23)48-34(36,37)38/h7-14,17-18,20-21H,5-6,15-16,19H2,1-4H3,(H,40,47). The van der Waals surface area contributed by atoms with Crippen LogP contribution in [0.25, 0.3) is 17.1 Å². The van der Waals surface area contributed by atoms with Crippen LogP contribution in [0.2, 0.25) is 0 Å². The van der Waals surface area contributed by atoms with Crippen molar-refractivity contribution in [2.45, 2.75) is 52.8 Å². The molecule has 4 aromatic rings. The molecular formula is C34H35F4N7O3S. The molecule has 15 heteroatoms. The fourth-order valence-electron chi connectivity index (χ4n) is 5.31. The molecule has 1 fully saturated rings. The second kappa shape index (κ2) is 15.1. The number of halogens is 4. The zero-order valence-electron chi connectivity index (χ0n) is 27.3. The first-order valence-electron chi connectivity index (χ1n) is 15.7. The number of alkyl halides is 3. The van der Waals surface area contributed by atoms with Gasteiger partial charge in [-0.05, 0) is 78.9 Å². The largest absolute Gasteiger partial charge is 0.573 e. The number of carbonyl (C=O) groups excluding carboxylic acids is 2. The lowest BCUT2D eigenvalue weighted by Crippen LogP contribution is -2.32. The number of amidine groups is 1. The summed E-state index contributed by atoms with van der Waals surface area (Å²) in [4.78, 5) is 38.3. The third kappa shape index (κ3) is 8.57. The highest BCUT2D eigenvalue weighted by atomic mass is 32.2. The molecule has 0 saturated carbocycles. The van der Waals surface area contributed by atoms with Gasteiger partial charge in [0.1, 0.15) is 17.9 Å². The number of ether oxygens (including phenoxy) is 1. The Balaban J connectivity index is 1.33. The van der Waals surface area contributed by atoms with Gasteiger partial charge in [-0.3, -0.25) is 9.69 Å². The summed E-state index contributed by atoms with van der Waals surface area (Å²) in [5, 5.41) is 6.93. The third-order valence-electron chi connectivity index (χ3n) is 7.49. The monoisotopic (exact) mass is 697 g/mol. The van der Waals surface area contributed by atoms with Crippen LogP contribution < -0.4 is 19.9 Å². The number of aliphatic imine (C=N–C) groups is 1. The zero-order valence-corrected chi connectivity index (χ0v) is 28.1. The van der Waals surface area contributed by atoms with Crippen molar-refractivity contribution in [3.63, 3.8) is 0 Å². The van der Waals surface area contributed by atoms with E-state index in [-0.39, 0.29) is 40.0 Å². The molecule has 49 heavy (non-hydrogen) atoms. The Morgan fingerprint density at radius 3 is 2.41 bits per heavy atom. The number of hydrogen-bond acceptors (Lipinski definition) is 7. The lowest BCUT2D eigenvalue weighted by atomic mass is 9.99. The quantitative estimate of drug-likeness (QED) is 0.157. The van der Waals surface area contributed by atoms with Crippen LogP contribution in [0, 0.1) is 5.82 Å². The van der Waals surface area contributed by atoms with Crippen LogP contribution in [0.4, 0.5) is 39.4 Å². The van der Waals surface area contributed by atoms with Gasteiger partial charge in [0.25, 0.3) is 0 Å². The molecule has 0 spiro atoms. The molecule has 258 valence electrons. The molecule has 2 heterocycles. The molecule has 1 aromatic heterocycles. The van der Waals surface area contributed by atoms with E-state index in [1.54, 1.807) is 0 Å². The van der Waals surface area contributed by atoms with Crippen molar-refractivity contribution >= 4 is 45.9 Å². The molecule has 10 nitrogen and oxygen atoms in total. The van der Waals surface area contributed by atoms with E-state index in [0.29, 0.717) is 16.9 Å². The van der Waals surface area contributed by atoms with E-state index in [1.165, 1.54) is 40.2 Å². The molecule has 5 rings (SSSR count). The number of nitrogens with one attached hydrogen (secondary N) is 1. The highest BCUT2D eigenvalue weighted by Gasteiger charge is 2.33. The summed E-state index contributed by atoms with van der Waals surface area (Å²) in [6.45, 7) is 10.0. The van der Waals surface area contributed by atoms with Crippen molar-refractivity contribution < 1.29 is 31.9 Å². The van der Waals surface area contributed by atoms with Gasteiger partial charge in [-0.2, -0.15) is 4.99 Å². The Hall–Kier alpha value is -4.92. The van der Waals surface area contributed by atoms with Gasteiger partial charge < -0.3 is 15.0 Å². The third-order valence-corrected chi connectivity index (χ3v) is 8.41. The number of hydrogen-bond donors (Lipinski definition) is 1. The molecule has 1 aliphatic heterocycles. The number of anilines is 3. The second-order valence-electron chi connectivity index (χ2n) is 11.5. The molecule has 1 saturated heterocycles. The van der Waals surface area contributed by atoms with Crippen molar-refractivity contribution in [2.24, 2.45) is 4.99 Å². The Bertz CT molecular complexity index is 1840. The molecule has 0 radical (unpaired) electrons. The highest BCUT2D eigenvalue weighted by Crippen LogP contribution is 2.37. The van der Waals surface area contributed by atoms with Gasteiger partial charge in [0.2, 0.25) is 5.91 Å². The lowest BCUT2D eigenvalue weighted by Gasteiger charge is -2.28. The number of benzene rings is 3. The van der Waals surface area contributed by atoms with Crippen molar-refractivity contribution in [3.05, 3.63) is 78.4 Å². The summed E-state index contributed by atoms with van der Waals surface area (Å²) in [6, 6.07) is 14.2. The maximum absolute atomic E-state index is 15.2. The van der Waals surface area contributed by atoms with E-state index in [0.717, 1.165) is 67.1 Å². The normalized spacial score (nSPS) is 14.2. The summed E-state index contributed by atoms with van der Waals surface area (Å²) in [5.41, 5.74) is 3.14. The molecule has 0 atom stereocenters. The minimum absolute atomic E-state index is 0.0928. The van der Waals surface area contributed by atoms with E-state index >= 15 is 4.39 Å². The lowest BCUT2D eigenvalue weighted by molar-refractivity contribution is -0.274. The van der Waals surface area contributed by atoms with Crippen molar-refractivity contribution in [2.75, 3.05) is 34.0 Å². The Morgan fingerprint density at radius 2 is 1.78 bits per heavy atom. The topological polar surface area (TPSA) is 105 Å². The van der Waals surface area contributed by atoms with E-state index in [4.69, 9.17) is 0 Å². The van der Waals surface area contributed by atoms with Gasteiger partial charge in [-0.25, -0.2) is 18.9 Å². The molecule has 0 bridgehead atoms. The average molecular weight is 698 g/mol. The van der Waals surface area contributed by atoms with Gasteiger partial charge >= 0.3 is 12.4 Å². The van der Waals surface area contributed by atoms with E-state index in [2.05, 4.69) is 49.9 Å². The predicted octanol–water partition coefficient (Wildman–Crippen LogP) is 8.39. The van der Waals surface area contributed by atoms with Crippen molar-refractivity contribution in [1.29, 1.82) is 0 Å². The number of amides is 3. The summed E-state index contributed by atoms with van der Waals surface area (Å²) < 4.78 is 57.8. The van der Waals surface area contributed by atoms with Gasteiger partial charge in [-0.1, -0.05) is 45.5 Å². The summed E-state index contributed by atoms with van der Waals surface area (Å²) in [5.74, 6) is -1.02. The predicted molar refractivity (Wildman–Crippen MR) is 183 cm³/mol. The van der Waals surface area contributed by atoms with Crippen LogP contribution in [0.1, 0.15) is 52.0 Å². The van der Waals surface area contributed by atoms with Gasteiger partial charge in [0, 0.05) is 24.3 Å². The maximum atomic E-state index is 15.2. The molecule has 0 aliphatic carbocycles. The number of urea groups is 1. The van der Waals surface area contributed by atoms with Crippen LogP contribution in [0.3, 0.4) is 0 Å². The average Bonchev–Trinajstić information content (AvgIpc) is 3.68. The first-order valence-corrected chi connectivity index (χ1v) is 16.7. The number of nitrogens with zero attached hydrogens (tertiary/aromatic N) is 6. The minimum atomic E-state index is -4.81. The Labute approximate surface area is 285 Å². The molecule has 1 N–H and O–H groups in total. The van der Waals surface area contributed by atoms with Crippen LogP contribution in [0.5, 0.6) is 5.75 Å². The highest BCUT2D eigenvalue weighted by molar-refractivity contribution is 8.15. The number of aromatic nitrogens is 3. The number of rotatable bonds is 11. The summed E-state index contributed by atoms with van der Waals surface area (Å²) in [6.07, 6.45) is -1.55. The number of thioether (sulfide) groups is 1. The Kier molecular flexibility index (Phi) is 10.9. The van der Waals surface area contributed by atoms with Crippen molar-refractivity contribution in [1.82, 2.24) is 14.8 Å². The fourth-order valence-corrected chi connectivity index (χ4v) is 6.17. The first-order chi connectivity index (χ1) is 23.4. The fraction of sp³-hybridized carbons (Fsp3) is 0.324. The maximum Gasteiger partial charge on any atom is 0.573 e. The molecule has 3 aromatic carbocycles. The van der Waals surface area contributed by atoms with Gasteiger partial charge in [0.15, 0.2) is 11.0 Å². The van der Waals surface area contributed by atoms with Crippen molar-refractivity contribution in [3.8, 4) is 22.8 Å². The second-order valence-corrected chi connectivity index (χ2v) is 12.4. The van der Waals surface area contributed by atoms with Crippen LogP contribution in [-0.4, -0.2) is 57.1 Å². The van der Waals surface area contributed by atoms with Crippen LogP contribution >= 0.6 is 11.8 Å². The molecule has 0 unspecified atom stereocenters. The summed E-state index contributed by atoms with van der Waals surface area (Å²) in [7, 11) is 0. The smallest absolute Gasteiger partial charge is 0.406 e. The molecule has 1 aliphatic rings. The molecule has 3 amide bonds. The Morgan fingerprint density at radius 1 is 1.06 bits per heavy atom. The van der Waals surface area contributed by atoms with E-state index in [9.17, 15) is 22.8 Å². The van der Waals surface area contributed by atoms with Crippen LogP contribution in [-0.2, 0) is 4.79 Å². The zero-order chi connectivity index (χ0) is 35.3.